The predicted molar refractivity (Wildman–Crippen MR) is 69.1 cm³/mol. The summed E-state index contributed by atoms with van der Waals surface area (Å²) in [6, 6.07) is 0. The number of thiazole rings is 1. The van der Waals surface area contributed by atoms with Gasteiger partial charge in [-0.15, -0.1) is 11.3 Å². The van der Waals surface area contributed by atoms with Gasteiger partial charge in [0.05, 0.1) is 5.69 Å². The van der Waals surface area contributed by atoms with Gasteiger partial charge < -0.3 is 5.73 Å². The Bertz CT molecular complexity index is 381. The van der Waals surface area contributed by atoms with E-state index in [1.807, 2.05) is 31.2 Å². The summed E-state index contributed by atoms with van der Waals surface area (Å²) in [7, 11) is 0. The first-order valence-corrected chi connectivity index (χ1v) is 5.83. The van der Waals surface area contributed by atoms with Crippen molar-refractivity contribution >= 4 is 22.4 Å². The average Bonchev–Trinajstić information content (AvgIpc) is 2.48. The minimum absolute atomic E-state index is 0.0749. The lowest BCUT2D eigenvalue weighted by atomic mass is 9.98. The Kier molecular flexibility index (Phi) is 3.69. The molecule has 1 aromatic rings. The van der Waals surface area contributed by atoms with Crippen LogP contribution in [0.3, 0.4) is 0 Å². The first kappa shape index (κ1) is 12.0. The first-order valence-electron chi connectivity index (χ1n) is 5.01. The summed E-state index contributed by atoms with van der Waals surface area (Å²) in [6.07, 6.45) is 7.85. The van der Waals surface area contributed by atoms with Gasteiger partial charge in [0.15, 0.2) is 0 Å². The van der Waals surface area contributed by atoms with Crippen molar-refractivity contribution in [3.63, 3.8) is 0 Å². The van der Waals surface area contributed by atoms with Gasteiger partial charge >= 0.3 is 0 Å². The summed E-state index contributed by atoms with van der Waals surface area (Å²) in [6.45, 7) is 8.41. The molecule has 0 spiro atoms. The Morgan fingerprint density at radius 1 is 1.27 bits per heavy atom. The zero-order chi connectivity index (χ0) is 11.5. The molecule has 0 saturated heterocycles. The summed E-state index contributed by atoms with van der Waals surface area (Å²) in [5, 5.41) is 1.88. The molecule has 2 N–H and O–H groups in total. The number of anilines is 1. The van der Waals surface area contributed by atoms with Crippen molar-refractivity contribution in [1.82, 2.24) is 4.98 Å². The number of aromatic nitrogens is 1. The van der Waals surface area contributed by atoms with E-state index in [4.69, 9.17) is 5.73 Å². The fraction of sp³-hybridized carbons (Fsp3) is 0.417. The molecule has 0 radical (unpaired) electrons. The van der Waals surface area contributed by atoms with Gasteiger partial charge in [0.1, 0.15) is 10.0 Å². The van der Waals surface area contributed by atoms with E-state index in [1.165, 1.54) is 0 Å². The van der Waals surface area contributed by atoms with Crippen molar-refractivity contribution in [2.45, 2.75) is 33.1 Å². The van der Waals surface area contributed by atoms with E-state index < -0.39 is 0 Å². The van der Waals surface area contributed by atoms with E-state index in [2.05, 4.69) is 25.8 Å². The topological polar surface area (TPSA) is 38.9 Å². The van der Waals surface area contributed by atoms with Crippen molar-refractivity contribution < 1.29 is 0 Å². The molecule has 0 aliphatic rings. The predicted octanol–water partition coefficient (Wildman–Crippen LogP) is 3.61. The number of rotatable bonds is 2. The Morgan fingerprint density at radius 3 is 2.40 bits per heavy atom. The van der Waals surface area contributed by atoms with Crippen LogP contribution in [0.1, 0.15) is 38.4 Å². The van der Waals surface area contributed by atoms with Crippen molar-refractivity contribution in [3.05, 3.63) is 28.9 Å². The number of hydrogen-bond acceptors (Lipinski definition) is 3. The van der Waals surface area contributed by atoms with E-state index in [9.17, 15) is 0 Å². The van der Waals surface area contributed by atoms with Crippen LogP contribution in [0.5, 0.6) is 0 Å². The van der Waals surface area contributed by atoms with Gasteiger partial charge in [0.2, 0.25) is 0 Å². The Balaban J connectivity index is 2.97. The standard InChI is InChI=1S/C12H18N2S/c1-5-6-7-8-9-10(13)15-11(14-9)12(2,3)4/h5-8H,13H2,1-4H3/b6-5-,8-7-. The van der Waals surface area contributed by atoms with Crippen LogP contribution in [0.15, 0.2) is 18.2 Å². The molecule has 0 amide bonds. The SMILES string of the molecule is C/C=C\C=C/c1nc(C(C)(C)C)sc1N. The maximum absolute atomic E-state index is 5.90. The second-order valence-corrected chi connectivity index (χ2v) is 5.43. The lowest BCUT2D eigenvalue weighted by Crippen LogP contribution is -2.10. The van der Waals surface area contributed by atoms with Gasteiger partial charge in [-0.3, -0.25) is 0 Å². The molecule has 82 valence electrons. The normalized spacial score (nSPS) is 13.1. The summed E-state index contributed by atoms with van der Waals surface area (Å²) in [4.78, 5) is 4.53. The van der Waals surface area contributed by atoms with Gasteiger partial charge in [-0.25, -0.2) is 4.98 Å². The third kappa shape index (κ3) is 3.20. The van der Waals surface area contributed by atoms with Gasteiger partial charge in [-0.05, 0) is 13.0 Å². The summed E-state index contributed by atoms with van der Waals surface area (Å²) in [5.74, 6) is 0. The lowest BCUT2D eigenvalue weighted by molar-refractivity contribution is 0.585. The summed E-state index contributed by atoms with van der Waals surface area (Å²) < 4.78 is 0. The molecule has 1 rings (SSSR count). The quantitative estimate of drug-likeness (QED) is 0.776. The zero-order valence-electron chi connectivity index (χ0n) is 9.74. The first-order chi connectivity index (χ1) is 6.95. The van der Waals surface area contributed by atoms with Crippen LogP contribution < -0.4 is 5.73 Å². The van der Waals surface area contributed by atoms with Crippen LogP contribution in [0.2, 0.25) is 0 Å². The Hall–Kier alpha value is -1.09. The van der Waals surface area contributed by atoms with E-state index in [0.717, 1.165) is 15.7 Å². The van der Waals surface area contributed by atoms with Gasteiger partial charge in [0, 0.05) is 5.41 Å². The molecule has 0 fully saturated rings. The Morgan fingerprint density at radius 2 is 1.93 bits per heavy atom. The molecule has 2 nitrogen and oxygen atoms in total. The van der Waals surface area contributed by atoms with Crippen molar-refractivity contribution in [2.75, 3.05) is 5.73 Å². The van der Waals surface area contributed by atoms with Crippen molar-refractivity contribution in [2.24, 2.45) is 0 Å². The van der Waals surface area contributed by atoms with Crippen LogP contribution in [0.4, 0.5) is 5.00 Å². The van der Waals surface area contributed by atoms with Gasteiger partial charge in [0.25, 0.3) is 0 Å². The molecule has 0 bridgehead atoms. The summed E-state index contributed by atoms with van der Waals surface area (Å²) in [5.41, 5.74) is 6.85. The number of allylic oxidation sites excluding steroid dienone is 3. The van der Waals surface area contributed by atoms with E-state index in [0.29, 0.717) is 0 Å². The molecule has 0 unspecified atom stereocenters. The molecule has 0 saturated carbocycles. The minimum Gasteiger partial charge on any atom is -0.389 e. The zero-order valence-corrected chi connectivity index (χ0v) is 10.6. The number of nitrogen functional groups attached to an aromatic ring is 1. The average molecular weight is 222 g/mol. The highest BCUT2D eigenvalue weighted by Gasteiger charge is 2.19. The maximum Gasteiger partial charge on any atom is 0.114 e. The van der Waals surface area contributed by atoms with Crippen LogP contribution in [0.25, 0.3) is 6.08 Å². The fourth-order valence-electron chi connectivity index (χ4n) is 1.04. The number of nitrogens with two attached hydrogens (primary N) is 1. The van der Waals surface area contributed by atoms with Crippen LogP contribution in [-0.2, 0) is 5.41 Å². The highest BCUT2D eigenvalue weighted by molar-refractivity contribution is 7.15. The van der Waals surface area contributed by atoms with Crippen LogP contribution in [-0.4, -0.2) is 4.98 Å². The van der Waals surface area contributed by atoms with E-state index in [1.54, 1.807) is 11.3 Å². The van der Waals surface area contributed by atoms with Crippen molar-refractivity contribution in [1.29, 1.82) is 0 Å². The Labute approximate surface area is 95.5 Å². The highest BCUT2D eigenvalue weighted by Crippen LogP contribution is 2.31. The third-order valence-corrected chi connectivity index (χ3v) is 3.21. The van der Waals surface area contributed by atoms with E-state index >= 15 is 0 Å². The molecular weight excluding hydrogens is 204 g/mol. The lowest BCUT2D eigenvalue weighted by Gasteiger charge is -2.13. The molecule has 15 heavy (non-hydrogen) atoms. The monoisotopic (exact) mass is 222 g/mol. The molecule has 1 heterocycles. The molecule has 0 aliphatic carbocycles. The number of hydrogen-bond donors (Lipinski definition) is 1. The smallest absolute Gasteiger partial charge is 0.114 e. The van der Waals surface area contributed by atoms with E-state index in [-0.39, 0.29) is 5.41 Å². The molecule has 0 aromatic carbocycles. The molecule has 0 atom stereocenters. The molecule has 3 heteroatoms. The fourth-order valence-corrected chi connectivity index (χ4v) is 1.92. The molecule has 1 aromatic heterocycles. The largest absolute Gasteiger partial charge is 0.389 e. The second kappa shape index (κ2) is 4.62. The molecular formula is C12H18N2S. The summed E-state index contributed by atoms with van der Waals surface area (Å²) >= 11 is 1.57. The highest BCUT2D eigenvalue weighted by atomic mass is 32.1. The second-order valence-electron chi connectivity index (χ2n) is 4.40. The van der Waals surface area contributed by atoms with Crippen molar-refractivity contribution in [3.8, 4) is 0 Å². The van der Waals surface area contributed by atoms with Crippen LogP contribution >= 0.6 is 11.3 Å². The number of nitrogens with zero attached hydrogens (tertiary/aromatic N) is 1. The van der Waals surface area contributed by atoms with Gasteiger partial charge in [-0.1, -0.05) is 39.0 Å². The minimum atomic E-state index is 0.0749. The molecule has 0 aliphatic heterocycles. The van der Waals surface area contributed by atoms with Crippen LogP contribution in [0, 0.1) is 0 Å². The van der Waals surface area contributed by atoms with Gasteiger partial charge in [-0.2, -0.15) is 0 Å². The third-order valence-electron chi connectivity index (χ3n) is 1.88. The maximum atomic E-state index is 5.90.